The second-order valence-electron chi connectivity index (χ2n) is 4.42. The summed E-state index contributed by atoms with van der Waals surface area (Å²) < 4.78 is 27.3. The van der Waals surface area contributed by atoms with Crippen LogP contribution in [0.5, 0.6) is 0 Å². The molecule has 16 heavy (non-hydrogen) atoms. The van der Waals surface area contributed by atoms with Gasteiger partial charge >= 0.3 is 0 Å². The molecule has 1 nitrogen and oxygen atoms in total. The Kier molecular flexibility index (Phi) is 4.42. The van der Waals surface area contributed by atoms with E-state index in [1.807, 2.05) is 13.8 Å². The molecule has 0 bridgehead atoms. The SMILES string of the molecule is CC(C)C(O)CCC(F)(F)c1ccccc1. The molecule has 1 aromatic carbocycles. The second-order valence-corrected chi connectivity index (χ2v) is 4.42. The Hall–Kier alpha value is -0.960. The Morgan fingerprint density at radius 3 is 2.25 bits per heavy atom. The molecule has 0 amide bonds. The van der Waals surface area contributed by atoms with E-state index in [0.29, 0.717) is 0 Å². The maximum atomic E-state index is 13.7. The molecule has 90 valence electrons. The summed E-state index contributed by atoms with van der Waals surface area (Å²) in [5.41, 5.74) is 0.0194. The van der Waals surface area contributed by atoms with Crippen molar-refractivity contribution in [1.82, 2.24) is 0 Å². The molecule has 0 aliphatic rings. The Bertz CT molecular complexity index is 309. The standard InChI is InChI=1S/C13H18F2O/c1-10(2)12(16)8-9-13(14,15)11-6-4-3-5-7-11/h3-7,10,12,16H,8-9H2,1-2H3. The minimum Gasteiger partial charge on any atom is -0.393 e. The molecule has 3 heteroatoms. The molecule has 1 rings (SSSR count). The van der Waals surface area contributed by atoms with Gasteiger partial charge in [-0.15, -0.1) is 0 Å². The van der Waals surface area contributed by atoms with Gasteiger partial charge in [0.25, 0.3) is 5.92 Å². The third kappa shape index (κ3) is 3.56. The molecule has 0 spiro atoms. The summed E-state index contributed by atoms with van der Waals surface area (Å²) in [6.07, 6.45) is -0.842. The van der Waals surface area contributed by atoms with Crippen molar-refractivity contribution in [1.29, 1.82) is 0 Å². The number of hydrogen-bond acceptors (Lipinski definition) is 1. The lowest BCUT2D eigenvalue weighted by atomic mass is 9.97. The van der Waals surface area contributed by atoms with Crippen LogP contribution in [0.1, 0.15) is 32.3 Å². The van der Waals surface area contributed by atoms with Gasteiger partial charge in [0.2, 0.25) is 0 Å². The fourth-order valence-corrected chi connectivity index (χ4v) is 1.49. The molecule has 0 aliphatic carbocycles. The number of alkyl halides is 2. The quantitative estimate of drug-likeness (QED) is 0.816. The smallest absolute Gasteiger partial charge is 0.273 e. The van der Waals surface area contributed by atoms with E-state index in [9.17, 15) is 13.9 Å². The van der Waals surface area contributed by atoms with Gasteiger partial charge in [0.1, 0.15) is 0 Å². The Labute approximate surface area is 95.1 Å². The van der Waals surface area contributed by atoms with Gasteiger partial charge in [-0.25, -0.2) is 8.78 Å². The van der Waals surface area contributed by atoms with Crippen LogP contribution in [0.4, 0.5) is 8.78 Å². The van der Waals surface area contributed by atoms with Crippen molar-refractivity contribution >= 4 is 0 Å². The van der Waals surface area contributed by atoms with Crippen molar-refractivity contribution in [2.45, 2.75) is 38.7 Å². The Morgan fingerprint density at radius 2 is 1.75 bits per heavy atom. The van der Waals surface area contributed by atoms with Crippen LogP contribution in [0.2, 0.25) is 0 Å². The molecule has 0 aromatic heterocycles. The first-order chi connectivity index (χ1) is 7.43. The number of benzene rings is 1. The first-order valence-electron chi connectivity index (χ1n) is 5.55. The summed E-state index contributed by atoms with van der Waals surface area (Å²) >= 11 is 0. The van der Waals surface area contributed by atoms with Gasteiger partial charge < -0.3 is 5.11 Å². The molecule has 1 N–H and O–H groups in total. The molecule has 0 aliphatic heterocycles. The number of halogens is 2. The summed E-state index contributed by atoms with van der Waals surface area (Å²) in [5, 5.41) is 9.50. The normalized spacial score (nSPS) is 14.1. The average Bonchev–Trinajstić information content (AvgIpc) is 2.27. The average molecular weight is 228 g/mol. The highest BCUT2D eigenvalue weighted by molar-refractivity contribution is 5.19. The molecular formula is C13H18F2O. The summed E-state index contributed by atoms with van der Waals surface area (Å²) in [6.45, 7) is 3.65. The maximum Gasteiger partial charge on any atom is 0.273 e. The van der Waals surface area contributed by atoms with E-state index in [1.54, 1.807) is 18.2 Å². The Balaban J connectivity index is 2.59. The van der Waals surface area contributed by atoms with Crippen molar-refractivity contribution in [2.24, 2.45) is 5.92 Å². The molecule has 1 aromatic rings. The van der Waals surface area contributed by atoms with Crippen LogP contribution in [0.25, 0.3) is 0 Å². The van der Waals surface area contributed by atoms with Crippen molar-refractivity contribution < 1.29 is 13.9 Å². The minimum atomic E-state index is -2.85. The number of rotatable bonds is 5. The minimum absolute atomic E-state index is 0.0194. The van der Waals surface area contributed by atoms with Crippen molar-refractivity contribution in [3.05, 3.63) is 35.9 Å². The van der Waals surface area contributed by atoms with Gasteiger partial charge in [-0.1, -0.05) is 44.2 Å². The Morgan fingerprint density at radius 1 is 1.19 bits per heavy atom. The monoisotopic (exact) mass is 228 g/mol. The second kappa shape index (κ2) is 5.39. The summed E-state index contributed by atoms with van der Waals surface area (Å²) in [4.78, 5) is 0. The lowest BCUT2D eigenvalue weighted by Crippen LogP contribution is -2.20. The highest BCUT2D eigenvalue weighted by atomic mass is 19.3. The van der Waals surface area contributed by atoms with Crippen molar-refractivity contribution in [3.63, 3.8) is 0 Å². The first kappa shape index (κ1) is 13.1. The molecule has 0 radical (unpaired) electrons. The zero-order valence-electron chi connectivity index (χ0n) is 9.66. The largest absolute Gasteiger partial charge is 0.393 e. The maximum absolute atomic E-state index is 13.7. The van der Waals surface area contributed by atoms with Crippen LogP contribution in [0.15, 0.2) is 30.3 Å². The first-order valence-corrected chi connectivity index (χ1v) is 5.55. The van der Waals surface area contributed by atoms with Gasteiger partial charge in [0.05, 0.1) is 6.10 Å². The fraction of sp³-hybridized carbons (Fsp3) is 0.538. The van der Waals surface area contributed by atoms with Gasteiger partial charge in [-0.2, -0.15) is 0 Å². The van der Waals surface area contributed by atoms with Gasteiger partial charge in [-0.3, -0.25) is 0 Å². The lowest BCUT2D eigenvalue weighted by molar-refractivity contribution is -0.0303. The highest BCUT2D eigenvalue weighted by Gasteiger charge is 2.31. The van der Waals surface area contributed by atoms with Gasteiger partial charge in [0.15, 0.2) is 0 Å². The topological polar surface area (TPSA) is 20.2 Å². The van der Waals surface area contributed by atoms with Gasteiger partial charge in [-0.05, 0) is 12.3 Å². The number of aliphatic hydroxyl groups is 1. The van der Waals surface area contributed by atoms with E-state index in [4.69, 9.17) is 0 Å². The third-order valence-electron chi connectivity index (χ3n) is 2.72. The highest BCUT2D eigenvalue weighted by Crippen LogP contribution is 2.33. The molecule has 1 atom stereocenters. The molecule has 1 unspecified atom stereocenters. The van der Waals surface area contributed by atoms with Crippen LogP contribution in [-0.2, 0) is 5.92 Å². The summed E-state index contributed by atoms with van der Waals surface area (Å²) in [7, 11) is 0. The van der Waals surface area contributed by atoms with Crippen LogP contribution in [-0.4, -0.2) is 11.2 Å². The third-order valence-corrected chi connectivity index (χ3v) is 2.72. The van der Waals surface area contributed by atoms with Crippen molar-refractivity contribution in [2.75, 3.05) is 0 Å². The van der Waals surface area contributed by atoms with Crippen molar-refractivity contribution in [3.8, 4) is 0 Å². The zero-order valence-corrected chi connectivity index (χ0v) is 9.66. The number of aliphatic hydroxyl groups excluding tert-OH is 1. The van der Waals surface area contributed by atoms with Gasteiger partial charge in [0, 0.05) is 12.0 Å². The summed E-state index contributed by atoms with van der Waals surface area (Å²) in [5.74, 6) is -2.83. The van der Waals surface area contributed by atoms with Crippen LogP contribution < -0.4 is 0 Å². The molecule has 0 saturated carbocycles. The van der Waals surface area contributed by atoms with E-state index in [1.165, 1.54) is 12.1 Å². The predicted octanol–water partition coefficient (Wildman–Crippen LogP) is 3.58. The fourth-order valence-electron chi connectivity index (χ4n) is 1.49. The molecule has 0 saturated heterocycles. The lowest BCUT2D eigenvalue weighted by Gasteiger charge is -2.20. The molecule has 0 fully saturated rings. The summed E-state index contributed by atoms with van der Waals surface area (Å²) in [6, 6.07) is 7.75. The zero-order chi connectivity index (χ0) is 12.2. The predicted molar refractivity (Wildman–Crippen MR) is 60.4 cm³/mol. The molecule has 0 heterocycles. The van der Waals surface area contributed by atoms with Crippen LogP contribution in [0, 0.1) is 5.92 Å². The van der Waals surface area contributed by atoms with E-state index in [2.05, 4.69) is 0 Å². The van der Waals surface area contributed by atoms with Crippen LogP contribution in [0.3, 0.4) is 0 Å². The number of hydrogen-bond donors (Lipinski definition) is 1. The van der Waals surface area contributed by atoms with E-state index in [0.717, 1.165) is 0 Å². The van der Waals surface area contributed by atoms with E-state index >= 15 is 0 Å². The molecular weight excluding hydrogens is 210 g/mol. The van der Waals surface area contributed by atoms with E-state index in [-0.39, 0.29) is 24.3 Å². The van der Waals surface area contributed by atoms with Crippen LogP contribution >= 0.6 is 0 Å². The van der Waals surface area contributed by atoms with E-state index < -0.39 is 12.0 Å².